The zero-order chi connectivity index (χ0) is 35.4. The van der Waals surface area contributed by atoms with Crippen LogP contribution in [0, 0.1) is 46.3 Å². The van der Waals surface area contributed by atoms with Gasteiger partial charge in [0.05, 0.1) is 6.10 Å². The molecule has 0 saturated heterocycles. The number of likely N-dealkylation sites (N-methyl/N-ethyl adjacent to an activating group) is 1. The first-order chi connectivity index (χ1) is 22.2. The summed E-state index contributed by atoms with van der Waals surface area (Å²) in [6, 6.07) is 0.657. The van der Waals surface area contributed by atoms with Gasteiger partial charge in [-0.25, -0.2) is 5.01 Å². The van der Waals surface area contributed by atoms with E-state index in [9.17, 15) is 9.90 Å². The summed E-state index contributed by atoms with van der Waals surface area (Å²) in [5.74, 6) is 2.96. The van der Waals surface area contributed by atoms with Crippen molar-refractivity contribution in [2.45, 2.75) is 144 Å². The van der Waals surface area contributed by atoms with E-state index in [1.807, 2.05) is 7.11 Å². The van der Waals surface area contributed by atoms with Crippen LogP contribution >= 0.6 is 0 Å². The minimum absolute atomic E-state index is 0.111. The van der Waals surface area contributed by atoms with E-state index in [2.05, 4.69) is 83.2 Å². The third-order valence-electron chi connectivity index (χ3n) is 11.7. The van der Waals surface area contributed by atoms with Gasteiger partial charge in [0.25, 0.3) is 0 Å². The van der Waals surface area contributed by atoms with E-state index in [0.717, 1.165) is 64.8 Å². The SMILES string of the molecule is CCC(CO)CN(NCC1CCCC(C2CCCC(C(=O)NC(CN(C)C)CC(C)(C)C)C2)C1OC)C1CCC(C)CC1(C)C.CO. The standard InChI is InChI=1S/C38H74N4O3.CH4O/c1-11-28(26-43)24-42(34-19-18-27(2)21-38(34,6)7)39-23-31-16-13-17-33(35(31)45-10)29-14-12-15-30(20-29)36(44)40-32(25-41(8)9)22-37(3,4)5;1-2/h27-35,39,43H,11-26H2,1-10H3,(H,40,44);2H,1H3. The van der Waals surface area contributed by atoms with Crippen LogP contribution in [-0.4, -0.2) is 98.8 Å². The molecule has 3 aliphatic carbocycles. The molecule has 3 fully saturated rings. The Morgan fingerprint density at radius 1 is 1.02 bits per heavy atom. The van der Waals surface area contributed by atoms with Crippen LogP contribution in [0.15, 0.2) is 0 Å². The Labute approximate surface area is 290 Å². The largest absolute Gasteiger partial charge is 0.400 e. The molecule has 0 aromatic rings. The predicted molar refractivity (Wildman–Crippen MR) is 196 cm³/mol. The lowest BCUT2D eigenvalue weighted by atomic mass is 9.66. The number of methoxy groups -OCH3 is 1. The Hall–Kier alpha value is -0.770. The molecule has 3 saturated carbocycles. The first-order valence-corrected chi connectivity index (χ1v) is 19.2. The lowest BCUT2D eigenvalue weighted by Gasteiger charge is -2.49. The second-order valence-corrected chi connectivity index (χ2v) is 17.8. The van der Waals surface area contributed by atoms with Gasteiger partial charge >= 0.3 is 0 Å². The van der Waals surface area contributed by atoms with Gasteiger partial charge in [0, 0.05) is 58.5 Å². The fourth-order valence-corrected chi connectivity index (χ4v) is 9.58. The molecule has 0 radical (unpaired) electrons. The summed E-state index contributed by atoms with van der Waals surface area (Å²) >= 11 is 0. The number of rotatable bonds is 15. The summed E-state index contributed by atoms with van der Waals surface area (Å²) < 4.78 is 6.38. The molecular weight excluding hydrogens is 588 g/mol. The first kappa shape index (κ1) is 42.4. The van der Waals surface area contributed by atoms with Crippen LogP contribution in [0.5, 0.6) is 0 Å². The van der Waals surface area contributed by atoms with E-state index >= 15 is 0 Å². The second-order valence-electron chi connectivity index (χ2n) is 17.8. The Kier molecular flexibility index (Phi) is 18.2. The number of nitrogens with zero attached hydrogens (tertiary/aromatic N) is 2. The van der Waals surface area contributed by atoms with Gasteiger partial charge in [0.15, 0.2) is 0 Å². The number of hydrogen-bond acceptors (Lipinski definition) is 7. The van der Waals surface area contributed by atoms with Gasteiger partial charge in [0.2, 0.25) is 5.91 Å². The molecule has 0 aromatic heterocycles. The van der Waals surface area contributed by atoms with Crippen LogP contribution in [-0.2, 0) is 9.53 Å². The molecule has 0 aromatic carbocycles. The highest BCUT2D eigenvalue weighted by Crippen LogP contribution is 2.44. The third-order valence-corrected chi connectivity index (χ3v) is 11.7. The molecule has 3 aliphatic rings. The van der Waals surface area contributed by atoms with Crippen LogP contribution in [0.2, 0.25) is 0 Å². The summed E-state index contributed by atoms with van der Waals surface area (Å²) in [5, 5.41) is 23.1. The van der Waals surface area contributed by atoms with E-state index in [-0.39, 0.29) is 47.3 Å². The minimum atomic E-state index is 0.111. The normalized spacial score (nSPS) is 31.2. The molecule has 0 aliphatic heterocycles. The number of aliphatic hydroxyl groups excluding tert-OH is 2. The van der Waals surface area contributed by atoms with E-state index in [4.69, 9.17) is 9.84 Å². The van der Waals surface area contributed by atoms with Gasteiger partial charge in [-0.3, -0.25) is 10.2 Å². The Balaban J connectivity index is 0.00000376. The number of nitrogens with one attached hydrogen (secondary N) is 2. The predicted octanol–water partition coefficient (Wildman–Crippen LogP) is 6.36. The molecule has 8 nitrogen and oxygen atoms in total. The molecule has 8 heteroatoms. The van der Waals surface area contributed by atoms with Crippen LogP contribution in [0.3, 0.4) is 0 Å². The highest BCUT2D eigenvalue weighted by Gasteiger charge is 2.43. The van der Waals surface area contributed by atoms with E-state index < -0.39 is 0 Å². The summed E-state index contributed by atoms with van der Waals surface area (Å²) in [6.45, 7) is 19.2. The maximum atomic E-state index is 13.7. The topological polar surface area (TPSA) is 97.3 Å². The number of ether oxygens (including phenoxy) is 1. The van der Waals surface area contributed by atoms with Gasteiger partial charge in [-0.2, -0.15) is 0 Å². The molecule has 47 heavy (non-hydrogen) atoms. The molecule has 1 amide bonds. The Morgan fingerprint density at radius 3 is 2.28 bits per heavy atom. The Bertz CT molecular complexity index is 874. The molecule has 278 valence electrons. The summed E-state index contributed by atoms with van der Waals surface area (Å²) in [6.07, 6.45) is 13.9. The number of hydrogen-bond donors (Lipinski definition) is 4. The van der Waals surface area contributed by atoms with Crippen molar-refractivity contribution >= 4 is 5.91 Å². The van der Waals surface area contributed by atoms with Crippen molar-refractivity contribution in [1.82, 2.24) is 20.7 Å². The lowest BCUT2D eigenvalue weighted by molar-refractivity contribution is -0.128. The summed E-state index contributed by atoms with van der Waals surface area (Å²) in [5.41, 5.74) is 4.39. The van der Waals surface area contributed by atoms with Gasteiger partial charge in [-0.15, -0.1) is 0 Å². The molecule has 4 N–H and O–H groups in total. The molecule has 3 rings (SSSR count). The highest BCUT2D eigenvalue weighted by molar-refractivity contribution is 5.79. The molecule has 9 atom stereocenters. The number of carbonyl (C=O) groups is 1. The molecule has 0 spiro atoms. The van der Waals surface area contributed by atoms with Crippen molar-refractivity contribution in [3.8, 4) is 0 Å². The monoisotopic (exact) mass is 667 g/mol. The van der Waals surface area contributed by atoms with Gasteiger partial charge < -0.3 is 25.2 Å². The van der Waals surface area contributed by atoms with Crippen molar-refractivity contribution in [3.05, 3.63) is 0 Å². The van der Waals surface area contributed by atoms with E-state index in [1.54, 1.807) is 0 Å². The maximum absolute atomic E-state index is 13.7. The number of amides is 1. The van der Waals surface area contributed by atoms with Crippen molar-refractivity contribution in [2.75, 3.05) is 54.6 Å². The molecule has 9 unspecified atom stereocenters. The number of hydrazine groups is 1. The average molecular weight is 667 g/mol. The van der Waals surface area contributed by atoms with Crippen molar-refractivity contribution in [3.63, 3.8) is 0 Å². The van der Waals surface area contributed by atoms with Crippen LogP contribution in [0.1, 0.15) is 126 Å². The lowest BCUT2D eigenvalue weighted by Crippen LogP contribution is -2.57. The van der Waals surface area contributed by atoms with E-state index in [0.29, 0.717) is 23.8 Å². The number of aliphatic hydroxyl groups is 2. The quantitative estimate of drug-likeness (QED) is 0.151. The zero-order valence-corrected chi connectivity index (χ0v) is 32.6. The fourth-order valence-electron chi connectivity index (χ4n) is 9.58. The van der Waals surface area contributed by atoms with Crippen molar-refractivity contribution < 1.29 is 19.7 Å². The average Bonchev–Trinajstić information content (AvgIpc) is 3.00. The smallest absolute Gasteiger partial charge is 0.223 e. The third kappa shape index (κ3) is 13.5. The Morgan fingerprint density at radius 2 is 1.70 bits per heavy atom. The van der Waals surface area contributed by atoms with E-state index in [1.165, 1.54) is 44.9 Å². The van der Waals surface area contributed by atoms with Crippen LogP contribution < -0.4 is 10.7 Å². The van der Waals surface area contributed by atoms with Gasteiger partial charge in [-0.1, -0.05) is 67.7 Å². The van der Waals surface area contributed by atoms with Gasteiger partial charge in [0.1, 0.15) is 0 Å². The highest BCUT2D eigenvalue weighted by atomic mass is 16.5. The van der Waals surface area contributed by atoms with Crippen molar-refractivity contribution in [1.29, 1.82) is 0 Å². The zero-order valence-electron chi connectivity index (χ0n) is 32.6. The van der Waals surface area contributed by atoms with Crippen molar-refractivity contribution in [2.24, 2.45) is 46.3 Å². The van der Waals surface area contributed by atoms with Crippen LogP contribution in [0.25, 0.3) is 0 Å². The summed E-state index contributed by atoms with van der Waals surface area (Å²) in [7, 11) is 7.12. The first-order valence-electron chi connectivity index (χ1n) is 19.2. The fraction of sp³-hybridized carbons (Fsp3) is 0.974. The molecule has 0 heterocycles. The maximum Gasteiger partial charge on any atom is 0.223 e. The minimum Gasteiger partial charge on any atom is -0.400 e. The summed E-state index contributed by atoms with van der Waals surface area (Å²) in [4.78, 5) is 15.9. The van der Waals surface area contributed by atoms with Gasteiger partial charge in [-0.05, 0) is 112 Å². The number of carbonyl (C=O) groups excluding carboxylic acids is 1. The van der Waals surface area contributed by atoms with Crippen LogP contribution in [0.4, 0.5) is 0 Å². The molecular formula is C39H78N4O4. The molecule has 0 bridgehead atoms. The second kappa shape index (κ2) is 20.2.